The van der Waals surface area contributed by atoms with E-state index < -0.39 is 5.60 Å². The van der Waals surface area contributed by atoms with Crippen molar-refractivity contribution >= 4 is 0 Å². The minimum Gasteiger partial charge on any atom is -0.472 e. The molecular weight excluding hydrogens is 164 g/mol. The Kier molecular flexibility index (Phi) is 2.00. The lowest BCUT2D eigenvalue weighted by Crippen LogP contribution is -2.25. The zero-order valence-corrected chi connectivity index (χ0v) is 7.73. The second-order valence-corrected chi connectivity index (χ2v) is 3.81. The molecule has 0 spiro atoms. The fourth-order valence-corrected chi connectivity index (χ4v) is 1.70. The van der Waals surface area contributed by atoms with Gasteiger partial charge in [0.2, 0.25) is 0 Å². The highest BCUT2D eigenvalue weighted by atomic mass is 16.3. The Morgan fingerprint density at radius 2 is 2.46 bits per heavy atom. The lowest BCUT2D eigenvalue weighted by atomic mass is 9.82. The van der Waals surface area contributed by atoms with Gasteiger partial charge in [0.05, 0.1) is 12.5 Å². The van der Waals surface area contributed by atoms with Gasteiger partial charge in [0, 0.05) is 5.56 Å². The molecule has 0 aromatic carbocycles. The molecule has 13 heavy (non-hydrogen) atoms. The molecule has 0 bridgehead atoms. The van der Waals surface area contributed by atoms with Gasteiger partial charge >= 0.3 is 0 Å². The summed E-state index contributed by atoms with van der Waals surface area (Å²) in [5.74, 6) is 0.576. The van der Waals surface area contributed by atoms with E-state index in [2.05, 4.69) is 13.0 Å². The summed E-state index contributed by atoms with van der Waals surface area (Å²) in [5, 5.41) is 10.2. The van der Waals surface area contributed by atoms with Gasteiger partial charge in [0.1, 0.15) is 5.60 Å². The molecule has 2 heteroatoms. The monoisotopic (exact) mass is 178 g/mol. The van der Waals surface area contributed by atoms with Crippen molar-refractivity contribution < 1.29 is 9.52 Å². The molecule has 0 saturated heterocycles. The highest BCUT2D eigenvalue weighted by molar-refractivity contribution is 5.24. The van der Waals surface area contributed by atoms with E-state index in [9.17, 15) is 5.11 Å². The van der Waals surface area contributed by atoms with Crippen LogP contribution >= 0.6 is 0 Å². The zero-order chi connectivity index (χ0) is 9.31. The predicted octanol–water partition coefficient (Wildman–Crippen LogP) is 2.45. The van der Waals surface area contributed by atoms with Gasteiger partial charge < -0.3 is 9.52 Å². The molecule has 0 saturated carbocycles. The Balaban J connectivity index is 2.27. The molecule has 2 unspecified atom stereocenters. The van der Waals surface area contributed by atoms with Gasteiger partial charge in [0.25, 0.3) is 0 Å². The molecule has 1 N–H and O–H groups in total. The number of allylic oxidation sites excluding steroid dienone is 1. The second-order valence-electron chi connectivity index (χ2n) is 3.81. The maximum Gasteiger partial charge on any atom is 0.111 e. The predicted molar refractivity (Wildman–Crippen MR) is 50.1 cm³/mol. The molecule has 1 heterocycles. The molecule has 1 aromatic heterocycles. The van der Waals surface area contributed by atoms with E-state index >= 15 is 0 Å². The normalized spacial score (nSPS) is 33.5. The summed E-state index contributed by atoms with van der Waals surface area (Å²) in [6, 6.07) is 1.82. The third-order valence-corrected chi connectivity index (χ3v) is 2.70. The largest absolute Gasteiger partial charge is 0.472 e. The molecule has 0 aliphatic heterocycles. The minimum absolute atomic E-state index is 0.576. The van der Waals surface area contributed by atoms with Crippen LogP contribution in [0.25, 0.3) is 0 Å². The van der Waals surface area contributed by atoms with Crippen molar-refractivity contribution in [2.45, 2.75) is 25.4 Å². The molecule has 2 nitrogen and oxygen atoms in total. The van der Waals surface area contributed by atoms with Gasteiger partial charge in [-0.25, -0.2) is 0 Å². The van der Waals surface area contributed by atoms with E-state index in [1.54, 1.807) is 12.5 Å². The standard InChI is InChI=1S/C11H14O2/c1-9-2-5-11(12,6-3-9)10-4-7-13-8-10/h2,4-5,7-9,12H,3,6H2,1H3. The molecule has 0 radical (unpaired) electrons. The Morgan fingerprint density at radius 3 is 3.00 bits per heavy atom. The van der Waals surface area contributed by atoms with Crippen molar-refractivity contribution in [3.8, 4) is 0 Å². The first kappa shape index (κ1) is 8.57. The van der Waals surface area contributed by atoms with Gasteiger partial charge in [-0.3, -0.25) is 0 Å². The van der Waals surface area contributed by atoms with Crippen LogP contribution in [0.4, 0.5) is 0 Å². The zero-order valence-electron chi connectivity index (χ0n) is 7.73. The molecule has 1 aliphatic carbocycles. The van der Waals surface area contributed by atoms with Crippen molar-refractivity contribution in [3.63, 3.8) is 0 Å². The van der Waals surface area contributed by atoms with Gasteiger partial charge in [0.15, 0.2) is 0 Å². The molecule has 0 amide bonds. The SMILES string of the molecule is CC1C=CC(O)(c2ccoc2)CC1. The maximum absolute atomic E-state index is 10.2. The quantitative estimate of drug-likeness (QED) is 0.670. The molecular formula is C11H14O2. The lowest BCUT2D eigenvalue weighted by Gasteiger charge is -2.28. The first-order valence-corrected chi connectivity index (χ1v) is 4.65. The first-order valence-electron chi connectivity index (χ1n) is 4.65. The van der Waals surface area contributed by atoms with Crippen LogP contribution in [0.5, 0.6) is 0 Å². The molecule has 1 aromatic rings. The molecule has 1 aliphatic rings. The average molecular weight is 178 g/mol. The van der Waals surface area contributed by atoms with E-state index in [1.807, 2.05) is 12.1 Å². The third-order valence-electron chi connectivity index (χ3n) is 2.70. The Labute approximate surface area is 77.9 Å². The third kappa shape index (κ3) is 1.54. The number of aliphatic hydroxyl groups is 1. The Bertz CT molecular complexity index is 300. The van der Waals surface area contributed by atoms with Crippen LogP contribution in [0.2, 0.25) is 0 Å². The van der Waals surface area contributed by atoms with E-state index in [1.165, 1.54) is 0 Å². The number of hydrogen-bond acceptors (Lipinski definition) is 2. The Hall–Kier alpha value is -1.02. The topological polar surface area (TPSA) is 33.4 Å². The van der Waals surface area contributed by atoms with Crippen molar-refractivity contribution in [1.82, 2.24) is 0 Å². The van der Waals surface area contributed by atoms with Gasteiger partial charge in [-0.1, -0.05) is 19.1 Å². The summed E-state index contributed by atoms with van der Waals surface area (Å²) in [5.41, 5.74) is 0.0649. The lowest BCUT2D eigenvalue weighted by molar-refractivity contribution is 0.0667. The van der Waals surface area contributed by atoms with Gasteiger partial charge in [-0.05, 0) is 24.8 Å². The van der Waals surface area contributed by atoms with Crippen LogP contribution < -0.4 is 0 Å². The van der Waals surface area contributed by atoms with Crippen LogP contribution in [-0.2, 0) is 5.60 Å². The van der Waals surface area contributed by atoms with E-state index in [0.29, 0.717) is 5.92 Å². The molecule has 70 valence electrons. The molecule has 0 fully saturated rings. The summed E-state index contributed by atoms with van der Waals surface area (Å²) >= 11 is 0. The number of furan rings is 1. The van der Waals surface area contributed by atoms with E-state index in [-0.39, 0.29) is 0 Å². The van der Waals surface area contributed by atoms with Crippen molar-refractivity contribution in [2.24, 2.45) is 5.92 Å². The molecule has 2 atom stereocenters. The van der Waals surface area contributed by atoms with Crippen molar-refractivity contribution in [2.75, 3.05) is 0 Å². The van der Waals surface area contributed by atoms with Crippen LogP contribution in [0.3, 0.4) is 0 Å². The fourth-order valence-electron chi connectivity index (χ4n) is 1.70. The Morgan fingerprint density at radius 1 is 1.62 bits per heavy atom. The second kappa shape index (κ2) is 3.04. The summed E-state index contributed by atoms with van der Waals surface area (Å²) in [7, 11) is 0. The van der Waals surface area contributed by atoms with Gasteiger partial charge in [-0.15, -0.1) is 0 Å². The number of hydrogen-bond donors (Lipinski definition) is 1. The van der Waals surface area contributed by atoms with Crippen LogP contribution in [0, 0.1) is 5.92 Å². The van der Waals surface area contributed by atoms with E-state index in [0.717, 1.165) is 18.4 Å². The summed E-state index contributed by atoms with van der Waals surface area (Å²) in [6.07, 6.45) is 8.96. The van der Waals surface area contributed by atoms with Crippen LogP contribution in [0.15, 0.2) is 35.2 Å². The van der Waals surface area contributed by atoms with E-state index in [4.69, 9.17) is 4.42 Å². The van der Waals surface area contributed by atoms with Crippen LogP contribution in [0.1, 0.15) is 25.3 Å². The summed E-state index contributed by atoms with van der Waals surface area (Å²) in [4.78, 5) is 0. The minimum atomic E-state index is -0.792. The fraction of sp³-hybridized carbons (Fsp3) is 0.455. The smallest absolute Gasteiger partial charge is 0.111 e. The van der Waals surface area contributed by atoms with Crippen LogP contribution in [-0.4, -0.2) is 5.11 Å². The average Bonchev–Trinajstić information content (AvgIpc) is 2.63. The van der Waals surface area contributed by atoms with Gasteiger partial charge in [-0.2, -0.15) is 0 Å². The van der Waals surface area contributed by atoms with Crippen molar-refractivity contribution in [3.05, 3.63) is 36.3 Å². The molecule has 2 rings (SSSR count). The summed E-state index contributed by atoms with van der Waals surface area (Å²) < 4.78 is 4.97. The van der Waals surface area contributed by atoms with Crippen molar-refractivity contribution in [1.29, 1.82) is 0 Å². The highest BCUT2D eigenvalue weighted by Gasteiger charge is 2.30. The number of rotatable bonds is 1. The first-order chi connectivity index (χ1) is 6.21. The highest BCUT2D eigenvalue weighted by Crippen LogP contribution is 2.34. The summed E-state index contributed by atoms with van der Waals surface area (Å²) in [6.45, 7) is 2.16. The maximum atomic E-state index is 10.2.